The van der Waals surface area contributed by atoms with Gasteiger partial charge in [0.15, 0.2) is 0 Å². The van der Waals surface area contributed by atoms with Gasteiger partial charge in [-0.05, 0) is 30.5 Å². The van der Waals surface area contributed by atoms with Crippen LogP contribution in [0.4, 0.5) is 0 Å². The van der Waals surface area contributed by atoms with Crippen LogP contribution in [0.25, 0.3) is 6.08 Å². The summed E-state index contributed by atoms with van der Waals surface area (Å²) in [5.74, 6) is 0. The molecule has 0 aromatic carbocycles. The predicted octanol–water partition coefficient (Wildman–Crippen LogP) is 4.12. The molecule has 0 saturated carbocycles. The molecule has 1 heteroatoms. The quantitative estimate of drug-likeness (QED) is 0.610. The van der Waals surface area contributed by atoms with Crippen LogP contribution >= 0.6 is 11.3 Å². The zero-order chi connectivity index (χ0) is 9.19. The average molecular weight is 180 g/mol. The summed E-state index contributed by atoms with van der Waals surface area (Å²) in [7, 11) is 0. The van der Waals surface area contributed by atoms with Crippen LogP contribution in [-0.2, 0) is 0 Å². The van der Waals surface area contributed by atoms with Gasteiger partial charge in [-0.15, -0.1) is 11.3 Å². The highest BCUT2D eigenvalue weighted by molar-refractivity contribution is 7.12. The van der Waals surface area contributed by atoms with E-state index in [4.69, 9.17) is 0 Å². The third-order valence-electron chi connectivity index (χ3n) is 1.51. The van der Waals surface area contributed by atoms with E-state index in [0.29, 0.717) is 0 Å². The number of rotatable bonds is 1. The maximum absolute atomic E-state index is 2.25. The monoisotopic (exact) mass is 180 g/mol. The zero-order valence-corrected chi connectivity index (χ0v) is 9.03. The molecule has 0 aliphatic heterocycles. The van der Waals surface area contributed by atoms with Gasteiger partial charge < -0.3 is 0 Å². The lowest BCUT2D eigenvalue weighted by atomic mass is 9.96. The average Bonchev–Trinajstić information content (AvgIpc) is 2.30. The lowest BCUT2D eigenvalue weighted by Gasteiger charge is -2.10. The van der Waals surface area contributed by atoms with E-state index in [-0.39, 0.29) is 5.41 Å². The van der Waals surface area contributed by atoms with E-state index in [9.17, 15) is 0 Å². The summed E-state index contributed by atoms with van der Waals surface area (Å²) >= 11 is 1.84. The van der Waals surface area contributed by atoms with Crippen LogP contribution in [0.2, 0.25) is 0 Å². The molecule has 0 N–H and O–H groups in total. The van der Waals surface area contributed by atoms with Gasteiger partial charge in [-0.1, -0.05) is 26.8 Å². The molecule has 66 valence electrons. The Morgan fingerprint density at radius 3 is 2.33 bits per heavy atom. The van der Waals surface area contributed by atoms with Crippen LogP contribution in [0.3, 0.4) is 0 Å². The van der Waals surface area contributed by atoms with Crippen molar-refractivity contribution >= 4 is 17.4 Å². The van der Waals surface area contributed by atoms with Crippen molar-refractivity contribution in [1.82, 2.24) is 0 Å². The molecule has 1 heterocycles. The number of hydrogen-bond acceptors (Lipinski definition) is 1. The van der Waals surface area contributed by atoms with Crippen molar-refractivity contribution in [3.8, 4) is 0 Å². The maximum Gasteiger partial charge on any atom is 0.0270 e. The molecule has 12 heavy (non-hydrogen) atoms. The minimum atomic E-state index is 0.290. The van der Waals surface area contributed by atoms with Crippen LogP contribution in [0.1, 0.15) is 30.5 Å². The fourth-order valence-corrected chi connectivity index (χ4v) is 1.66. The molecule has 0 atom stereocenters. The molecule has 0 bridgehead atoms. The molecule has 0 aliphatic rings. The molecule has 0 nitrogen and oxygen atoms in total. The number of allylic oxidation sites excluding steroid dienone is 1. The van der Waals surface area contributed by atoms with Crippen LogP contribution in [0.15, 0.2) is 18.2 Å². The van der Waals surface area contributed by atoms with Crippen molar-refractivity contribution in [3.05, 3.63) is 28.0 Å². The molecule has 0 amide bonds. The Hall–Kier alpha value is -0.560. The molecule has 1 rings (SSSR count). The second kappa shape index (κ2) is 3.44. The van der Waals surface area contributed by atoms with Crippen molar-refractivity contribution in [1.29, 1.82) is 0 Å². The Kier molecular flexibility index (Phi) is 2.73. The first-order chi connectivity index (χ1) is 5.47. The molecule has 0 aliphatic carbocycles. The van der Waals surface area contributed by atoms with Crippen molar-refractivity contribution in [2.75, 3.05) is 0 Å². The lowest BCUT2D eigenvalue weighted by Crippen LogP contribution is -1.97. The van der Waals surface area contributed by atoms with Crippen LogP contribution in [0, 0.1) is 12.3 Å². The van der Waals surface area contributed by atoms with Gasteiger partial charge in [0, 0.05) is 9.75 Å². The fourth-order valence-electron chi connectivity index (χ4n) is 0.875. The van der Waals surface area contributed by atoms with Crippen LogP contribution < -0.4 is 0 Å². The third kappa shape index (κ3) is 3.22. The molecule has 0 unspecified atom stereocenters. The maximum atomic E-state index is 2.25. The largest absolute Gasteiger partial charge is 0.141 e. The summed E-state index contributed by atoms with van der Waals surface area (Å²) < 4.78 is 0. The standard InChI is InChI=1S/C11H16S/c1-9-5-6-10(12-9)7-8-11(2,3)4/h5-8H,1-4H3/b8-7+. The smallest absolute Gasteiger partial charge is 0.0270 e. The van der Waals surface area contributed by atoms with Crippen molar-refractivity contribution in [2.24, 2.45) is 5.41 Å². The third-order valence-corrected chi connectivity index (χ3v) is 2.47. The van der Waals surface area contributed by atoms with Gasteiger partial charge in [-0.2, -0.15) is 0 Å². The normalized spacial score (nSPS) is 12.7. The fraction of sp³-hybridized carbons (Fsp3) is 0.455. The summed E-state index contributed by atoms with van der Waals surface area (Å²) in [5, 5.41) is 0. The highest BCUT2D eigenvalue weighted by Crippen LogP contribution is 2.21. The van der Waals surface area contributed by atoms with Gasteiger partial charge >= 0.3 is 0 Å². The van der Waals surface area contributed by atoms with E-state index >= 15 is 0 Å². The van der Waals surface area contributed by atoms with Gasteiger partial charge in [0.25, 0.3) is 0 Å². The second-order valence-corrected chi connectivity index (χ2v) is 5.47. The highest BCUT2D eigenvalue weighted by atomic mass is 32.1. The summed E-state index contributed by atoms with van der Waals surface area (Å²) in [6.07, 6.45) is 4.45. The van der Waals surface area contributed by atoms with Gasteiger partial charge in [-0.25, -0.2) is 0 Å². The van der Waals surface area contributed by atoms with Gasteiger partial charge in [-0.3, -0.25) is 0 Å². The van der Waals surface area contributed by atoms with Crippen molar-refractivity contribution in [3.63, 3.8) is 0 Å². The van der Waals surface area contributed by atoms with E-state index in [1.54, 1.807) is 0 Å². The molecule has 1 aromatic heterocycles. The summed E-state index contributed by atoms with van der Waals surface area (Å²) in [4.78, 5) is 2.73. The Morgan fingerprint density at radius 1 is 1.25 bits per heavy atom. The molecular formula is C11H16S. The van der Waals surface area contributed by atoms with Crippen molar-refractivity contribution in [2.45, 2.75) is 27.7 Å². The first-order valence-corrected chi connectivity index (χ1v) is 5.05. The molecule has 1 aromatic rings. The predicted molar refractivity (Wildman–Crippen MR) is 57.5 cm³/mol. The highest BCUT2D eigenvalue weighted by Gasteiger charge is 2.03. The Balaban J connectivity index is 2.70. The van der Waals surface area contributed by atoms with Gasteiger partial charge in [0.1, 0.15) is 0 Å². The number of hydrogen-bond donors (Lipinski definition) is 0. The van der Waals surface area contributed by atoms with E-state index in [0.717, 1.165) is 0 Å². The van der Waals surface area contributed by atoms with E-state index in [1.807, 2.05) is 11.3 Å². The topological polar surface area (TPSA) is 0 Å². The Morgan fingerprint density at radius 2 is 1.92 bits per heavy atom. The summed E-state index contributed by atoms with van der Waals surface area (Å²) in [5.41, 5.74) is 0.290. The summed E-state index contributed by atoms with van der Waals surface area (Å²) in [6, 6.07) is 4.33. The Bertz CT molecular complexity index is 273. The first-order valence-electron chi connectivity index (χ1n) is 4.23. The van der Waals surface area contributed by atoms with E-state index < -0.39 is 0 Å². The minimum absolute atomic E-state index is 0.290. The minimum Gasteiger partial charge on any atom is -0.141 e. The SMILES string of the molecule is Cc1ccc(/C=C/C(C)(C)C)s1. The number of thiophene rings is 1. The molecule has 0 radical (unpaired) electrons. The van der Waals surface area contributed by atoms with E-state index in [2.05, 4.69) is 52.0 Å². The van der Waals surface area contributed by atoms with Crippen molar-refractivity contribution < 1.29 is 0 Å². The first kappa shape index (κ1) is 9.53. The van der Waals surface area contributed by atoms with E-state index in [1.165, 1.54) is 9.75 Å². The molecule has 0 spiro atoms. The van der Waals surface area contributed by atoms with Gasteiger partial charge in [0.05, 0.1) is 0 Å². The molecular weight excluding hydrogens is 164 g/mol. The van der Waals surface area contributed by atoms with Crippen LogP contribution in [0.5, 0.6) is 0 Å². The molecule has 0 saturated heterocycles. The van der Waals surface area contributed by atoms with Crippen LogP contribution in [-0.4, -0.2) is 0 Å². The second-order valence-electron chi connectivity index (χ2n) is 4.15. The zero-order valence-electron chi connectivity index (χ0n) is 8.22. The summed E-state index contributed by atoms with van der Waals surface area (Å²) in [6.45, 7) is 8.77. The lowest BCUT2D eigenvalue weighted by molar-refractivity contribution is 0.547. The van der Waals surface area contributed by atoms with Gasteiger partial charge in [0.2, 0.25) is 0 Å². The molecule has 0 fully saturated rings. The number of aryl methyl sites for hydroxylation is 1. The Labute approximate surface area is 78.9 Å².